The quantitative estimate of drug-likeness (QED) is 0.278. The SMILES string of the molecule is CC1(C)[C@@H]2CC[C@@]1(C)C1(C2)O[C@@H]2[C@H](O1)[C@@H](OC(=O)c1ccccc1)[C@H](O)[C@@H](O)[C@@H]2O[Si](c1ccccc1)(c1ccccc1)C(C)(C)C. The molecule has 3 aliphatic carbocycles. The van der Waals surface area contributed by atoms with E-state index >= 15 is 0 Å². The molecule has 1 aliphatic heterocycles. The van der Waals surface area contributed by atoms with Gasteiger partial charge in [0.2, 0.25) is 0 Å². The first kappa shape index (κ1) is 32.7. The molecule has 3 saturated carbocycles. The van der Waals surface area contributed by atoms with Crippen LogP contribution in [0.15, 0.2) is 91.0 Å². The number of benzene rings is 3. The van der Waals surface area contributed by atoms with Crippen molar-refractivity contribution in [2.45, 2.75) is 108 Å². The number of ether oxygens (including phenoxy) is 3. The average molecular weight is 657 g/mol. The second-order valence-corrected chi connectivity index (χ2v) is 20.1. The summed E-state index contributed by atoms with van der Waals surface area (Å²) in [4.78, 5) is 13.4. The van der Waals surface area contributed by atoms with E-state index in [1.807, 2.05) is 42.5 Å². The Morgan fingerprint density at radius 3 is 1.74 bits per heavy atom. The van der Waals surface area contributed by atoms with Crippen LogP contribution in [0.25, 0.3) is 0 Å². The van der Waals surface area contributed by atoms with Crippen LogP contribution >= 0.6 is 0 Å². The van der Waals surface area contributed by atoms with Crippen LogP contribution in [0.1, 0.15) is 71.2 Å². The Balaban J connectivity index is 1.34. The van der Waals surface area contributed by atoms with E-state index in [-0.39, 0.29) is 15.9 Å². The lowest BCUT2D eigenvalue weighted by Gasteiger charge is -2.50. The highest BCUT2D eigenvalue weighted by atomic mass is 28.4. The van der Waals surface area contributed by atoms with Gasteiger partial charge < -0.3 is 28.8 Å². The molecule has 2 N–H and O–H groups in total. The third kappa shape index (κ3) is 4.74. The highest BCUT2D eigenvalue weighted by molar-refractivity contribution is 6.99. The monoisotopic (exact) mass is 656 g/mol. The zero-order valence-corrected chi connectivity index (χ0v) is 29.3. The standard InChI is InChI=1S/C39H48O7Si/c1-36(2,3)47(27-18-12-8-13-19-27,28-20-14-9-15-21-28)46-32-30(41)29(40)31(43-35(42)25-16-10-7-11-17-25)33-34(32)45-39(44-33)24-26-22-23-38(39,6)37(26,4)5/h7-21,26,29-34,40-41H,22-24H2,1-6H3/t26-,29-,30-,31+,32+,33-,34+,38-,39?/m1/s1. The van der Waals surface area contributed by atoms with Crippen molar-refractivity contribution in [1.82, 2.24) is 0 Å². The van der Waals surface area contributed by atoms with Crippen molar-refractivity contribution in [3.8, 4) is 0 Å². The molecular formula is C39H48O7Si. The summed E-state index contributed by atoms with van der Waals surface area (Å²) in [7, 11) is -3.20. The Morgan fingerprint density at radius 2 is 1.28 bits per heavy atom. The molecule has 4 aliphatic rings. The highest BCUT2D eigenvalue weighted by Gasteiger charge is 2.76. The van der Waals surface area contributed by atoms with Crippen LogP contribution in [0.4, 0.5) is 0 Å². The predicted molar refractivity (Wildman–Crippen MR) is 182 cm³/mol. The smallest absolute Gasteiger partial charge is 0.338 e. The van der Waals surface area contributed by atoms with Crippen LogP contribution in [-0.2, 0) is 18.6 Å². The topological polar surface area (TPSA) is 94.5 Å². The van der Waals surface area contributed by atoms with Crippen molar-refractivity contribution < 1.29 is 33.6 Å². The molecule has 1 heterocycles. The second-order valence-electron chi connectivity index (χ2n) is 15.9. The van der Waals surface area contributed by atoms with E-state index in [2.05, 4.69) is 65.8 Å². The van der Waals surface area contributed by atoms with Crippen molar-refractivity contribution in [3.05, 3.63) is 96.6 Å². The Bertz CT molecular complexity index is 1550. The third-order valence-corrected chi connectivity index (χ3v) is 17.5. The number of hydrogen-bond donors (Lipinski definition) is 2. The molecule has 8 heteroatoms. The highest BCUT2D eigenvalue weighted by Crippen LogP contribution is 2.73. The molecule has 47 heavy (non-hydrogen) atoms. The zero-order chi connectivity index (χ0) is 33.4. The summed E-state index contributed by atoms with van der Waals surface area (Å²) in [5.41, 5.74) is -0.0195. The molecule has 3 aromatic carbocycles. The number of carbonyl (C=O) groups is 1. The molecule has 0 radical (unpaired) electrons. The van der Waals surface area contributed by atoms with Gasteiger partial charge in [0.15, 0.2) is 11.9 Å². The van der Waals surface area contributed by atoms with Crippen molar-refractivity contribution in [2.75, 3.05) is 0 Å². The van der Waals surface area contributed by atoms with Gasteiger partial charge in [-0.15, -0.1) is 0 Å². The average Bonchev–Trinajstić information content (AvgIpc) is 3.60. The summed E-state index contributed by atoms with van der Waals surface area (Å²) < 4.78 is 27.8. The van der Waals surface area contributed by atoms with E-state index in [1.54, 1.807) is 24.3 Å². The van der Waals surface area contributed by atoms with Crippen LogP contribution in [0.3, 0.4) is 0 Å². The minimum absolute atomic E-state index is 0.0533. The predicted octanol–water partition coefficient (Wildman–Crippen LogP) is 5.22. The van der Waals surface area contributed by atoms with E-state index in [0.717, 1.165) is 23.2 Å². The normalized spacial score (nSPS) is 36.0. The van der Waals surface area contributed by atoms with E-state index in [9.17, 15) is 15.0 Å². The molecule has 250 valence electrons. The van der Waals surface area contributed by atoms with Crippen LogP contribution in [0.2, 0.25) is 5.04 Å². The molecule has 9 atom stereocenters. The molecule has 0 amide bonds. The van der Waals surface area contributed by atoms with Gasteiger partial charge in [-0.25, -0.2) is 4.79 Å². The molecular weight excluding hydrogens is 609 g/mol. The minimum atomic E-state index is -3.20. The van der Waals surface area contributed by atoms with Crippen molar-refractivity contribution in [3.63, 3.8) is 0 Å². The summed E-state index contributed by atoms with van der Waals surface area (Å²) in [6.07, 6.45) is -3.93. The lowest BCUT2D eigenvalue weighted by atomic mass is 9.68. The van der Waals surface area contributed by atoms with Crippen LogP contribution < -0.4 is 10.4 Å². The van der Waals surface area contributed by atoms with Gasteiger partial charge in [-0.05, 0) is 51.7 Å². The number of fused-ring (bicyclic) bond motifs is 4. The Kier molecular flexibility index (Phi) is 7.90. The first-order valence-electron chi connectivity index (χ1n) is 17.0. The third-order valence-electron chi connectivity index (χ3n) is 12.4. The lowest BCUT2D eigenvalue weighted by molar-refractivity contribution is -0.256. The van der Waals surface area contributed by atoms with Gasteiger partial charge in [-0.2, -0.15) is 0 Å². The molecule has 2 bridgehead atoms. The van der Waals surface area contributed by atoms with Gasteiger partial charge >= 0.3 is 5.97 Å². The van der Waals surface area contributed by atoms with Gasteiger partial charge in [0, 0.05) is 11.8 Å². The maximum atomic E-state index is 13.4. The summed E-state index contributed by atoms with van der Waals surface area (Å²) in [5.74, 6) is -1.16. The summed E-state index contributed by atoms with van der Waals surface area (Å²) in [6, 6.07) is 29.2. The number of aliphatic hydroxyl groups excluding tert-OH is 2. The largest absolute Gasteiger partial charge is 0.453 e. The van der Waals surface area contributed by atoms with Gasteiger partial charge in [-0.1, -0.05) is 120 Å². The Labute approximate surface area is 279 Å². The van der Waals surface area contributed by atoms with E-state index in [0.29, 0.717) is 17.9 Å². The molecule has 1 spiro atoms. The van der Waals surface area contributed by atoms with Crippen molar-refractivity contribution in [2.24, 2.45) is 16.7 Å². The molecule has 7 nitrogen and oxygen atoms in total. The number of rotatable bonds is 6. The minimum Gasteiger partial charge on any atom is -0.453 e. The molecule has 7 rings (SSSR count). The molecule has 0 aromatic heterocycles. The van der Waals surface area contributed by atoms with Crippen LogP contribution in [-0.4, -0.2) is 66.9 Å². The van der Waals surface area contributed by atoms with Gasteiger partial charge in [0.1, 0.15) is 30.5 Å². The molecule has 4 fully saturated rings. The van der Waals surface area contributed by atoms with Crippen LogP contribution in [0, 0.1) is 16.7 Å². The molecule has 1 saturated heterocycles. The number of carbonyl (C=O) groups excluding carboxylic acids is 1. The van der Waals surface area contributed by atoms with Gasteiger partial charge in [0.25, 0.3) is 8.32 Å². The van der Waals surface area contributed by atoms with E-state index < -0.39 is 56.7 Å². The number of aliphatic hydroxyl groups is 2. The first-order chi connectivity index (χ1) is 22.3. The maximum Gasteiger partial charge on any atom is 0.338 e. The van der Waals surface area contributed by atoms with E-state index in [1.165, 1.54) is 0 Å². The fourth-order valence-electron chi connectivity index (χ4n) is 9.36. The first-order valence-corrected chi connectivity index (χ1v) is 18.9. The Morgan fingerprint density at radius 1 is 0.787 bits per heavy atom. The van der Waals surface area contributed by atoms with E-state index in [4.69, 9.17) is 18.6 Å². The Hall–Kier alpha value is -2.85. The molecule has 3 aromatic rings. The number of hydrogen-bond acceptors (Lipinski definition) is 7. The fraction of sp³-hybridized carbons (Fsp3) is 0.513. The summed E-state index contributed by atoms with van der Waals surface area (Å²) >= 11 is 0. The maximum absolute atomic E-state index is 13.4. The number of esters is 1. The van der Waals surface area contributed by atoms with Crippen molar-refractivity contribution >= 4 is 24.7 Å². The lowest BCUT2D eigenvalue weighted by Crippen LogP contribution is -2.73. The summed E-state index contributed by atoms with van der Waals surface area (Å²) in [6.45, 7) is 13.4. The molecule has 1 unspecified atom stereocenters. The van der Waals surface area contributed by atoms with Gasteiger partial charge in [-0.3, -0.25) is 0 Å². The van der Waals surface area contributed by atoms with Crippen LogP contribution in [0.5, 0.6) is 0 Å². The second kappa shape index (κ2) is 11.4. The zero-order valence-electron chi connectivity index (χ0n) is 28.3. The van der Waals surface area contributed by atoms with Crippen molar-refractivity contribution in [1.29, 1.82) is 0 Å². The van der Waals surface area contributed by atoms with Gasteiger partial charge in [0.05, 0.1) is 5.56 Å². The summed E-state index contributed by atoms with van der Waals surface area (Å²) in [5, 5.41) is 25.7. The fourth-order valence-corrected chi connectivity index (χ4v) is 14.1.